The molecule has 0 heterocycles. The zero-order chi connectivity index (χ0) is 17.1. The minimum atomic E-state index is 0.477. The topological polar surface area (TPSA) is 54.8 Å². The molecule has 0 spiro atoms. The van der Waals surface area contributed by atoms with E-state index in [9.17, 15) is 0 Å². The fourth-order valence-corrected chi connectivity index (χ4v) is 2.40. The van der Waals surface area contributed by atoms with E-state index in [-0.39, 0.29) is 0 Å². The summed E-state index contributed by atoms with van der Waals surface area (Å²) in [7, 11) is 1.97. The van der Waals surface area contributed by atoms with Gasteiger partial charge >= 0.3 is 0 Å². The van der Waals surface area contributed by atoms with Crippen LogP contribution in [0.15, 0.2) is 23.3 Å². The molecular formula is C18H29N4O+. The molecule has 1 aromatic rings. The van der Waals surface area contributed by atoms with Crippen LogP contribution < -0.4 is 15.2 Å². The second kappa shape index (κ2) is 10.6. The van der Waals surface area contributed by atoms with E-state index < -0.39 is 0 Å². The van der Waals surface area contributed by atoms with Gasteiger partial charge in [-0.2, -0.15) is 5.53 Å². The Kier molecular flexibility index (Phi) is 8.74. The summed E-state index contributed by atoms with van der Waals surface area (Å²) in [5.41, 5.74) is 7.14. The van der Waals surface area contributed by atoms with Crippen molar-refractivity contribution in [1.82, 2.24) is 0 Å². The Morgan fingerprint density at radius 1 is 1.39 bits per heavy atom. The maximum Gasteiger partial charge on any atom is 0.231 e. The van der Waals surface area contributed by atoms with Crippen LogP contribution in [0.2, 0.25) is 0 Å². The van der Waals surface area contributed by atoms with Crippen LogP contribution in [-0.2, 0) is 0 Å². The van der Waals surface area contributed by atoms with Gasteiger partial charge in [-0.3, -0.25) is 0 Å². The molecule has 5 heteroatoms. The number of anilines is 1. The number of nitrogens with zero attached hydrogens (tertiary/aromatic N) is 3. The molecule has 0 amide bonds. The average molecular weight is 317 g/mol. The van der Waals surface area contributed by atoms with Crippen molar-refractivity contribution in [2.75, 3.05) is 31.6 Å². The first-order chi connectivity index (χ1) is 11.2. The minimum Gasteiger partial charge on any atom is -0.491 e. The summed E-state index contributed by atoms with van der Waals surface area (Å²) in [6.45, 7) is 13.2. The highest BCUT2D eigenvalue weighted by Gasteiger charge is 2.12. The first kappa shape index (κ1) is 19.0. The molecule has 1 atom stereocenters. The van der Waals surface area contributed by atoms with E-state index >= 15 is 0 Å². The Balaban J connectivity index is 2.78. The predicted molar refractivity (Wildman–Crippen MR) is 94.0 cm³/mol. The van der Waals surface area contributed by atoms with E-state index in [4.69, 9.17) is 16.8 Å². The first-order valence-electron chi connectivity index (χ1n) is 8.38. The van der Waals surface area contributed by atoms with E-state index in [0.29, 0.717) is 31.3 Å². The highest BCUT2D eigenvalue weighted by molar-refractivity contribution is 5.61. The van der Waals surface area contributed by atoms with Crippen molar-refractivity contribution in [2.45, 2.75) is 39.5 Å². The zero-order valence-electron chi connectivity index (χ0n) is 14.6. The normalized spacial score (nSPS) is 11.6. The van der Waals surface area contributed by atoms with Crippen LogP contribution in [0.5, 0.6) is 5.75 Å². The molecule has 0 radical (unpaired) electrons. The summed E-state index contributed by atoms with van der Waals surface area (Å²) in [4.78, 5) is 5.44. The third kappa shape index (κ3) is 6.27. The van der Waals surface area contributed by atoms with Gasteiger partial charge in [0.15, 0.2) is 11.4 Å². The molecule has 0 aliphatic carbocycles. The quantitative estimate of drug-likeness (QED) is 0.502. The van der Waals surface area contributed by atoms with Gasteiger partial charge in [0.2, 0.25) is 6.54 Å². The van der Waals surface area contributed by atoms with Crippen molar-refractivity contribution < 1.29 is 10.3 Å². The smallest absolute Gasteiger partial charge is 0.231 e. The Morgan fingerprint density at radius 2 is 2.17 bits per heavy atom. The molecular weight excluding hydrogens is 288 g/mol. The first-order valence-corrected chi connectivity index (χ1v) is 8.38. The van der Waals surface area contributed by atoms with Crippen molar-refractivity contribution in [3.8, 4) is 5.75 Å². The van der Waals surface area contributed by atoms with E-state index in [1.807, 2.05) is 30.1 Å². The molecule has 1 rings (SSSR count). The monoisotopic (exact) mass is 317 g/mol. The van der Waals surface area contributed by atoms with E-state index in [1.165, 1.54) is 19.3 Å². The number of nitrogens with two attached hydrogens (primary N) is 1. The molecule has 2 N–H and O–H groups in total. The third-order valence-corrected chi connectivity index (χ3v) is 4.09. The highest BCUT2D eigenvalue weighted by Crippen LogP contribution is 2.32. The van der Waals surface area contributed by atoms with Crippen molar-refractivity contribution >= 4 is 11.4 Å². The number of likely N-dealkylation sites (N-methyl/N-ethyl adjacent to an activating group) is 1. The fourth-order valence-electron chi connectivity index (χ4n) is 2.40. The summed E-state index contributed by atoms with van der Waals surface area (Å²) in [6, 6.07) is 5.78. The van der Waals surface area contributed by atoms with Gasteiger partial charge in [-0.15, -0.1) is 0 Å². The van der Waals surface area contributed by atoms with E-state index in [2.05, 4.69) is 23.8 Å². The van der Waals surface area contributed by atoms with Crippen LogP contribution in [0.4, 0.5) is 11.4 Å². The molecule has 1 unspecified atom stereocenters. The summed E-state index contributed by atoms with van der Waals surface area (Å²) in [5, 5.41) is 3.81. The number of hydrogen-bond donors (Lipinski definition) is 1. The molecule has 0 saturated carbocycles. The molecule has 0 bridgehead atoms. The molecule has 0 aliphatic rings. The number of rotatable bonds is 11. The zero-order valence-corrected chi connectivity index (χ0v) is 14.6. The lowest BCUT2D eigenvalue weighted by Gasteiger charge is -2.19. The lowest BCUT2D eigenvalue weighted by Crippen LogP contribution is -2.23. The van der Waals surface area contributed by atoms with Gasteiger partial charge in [0.05, 0.1) is 13.2 Å². The van der Waals surface area contributed by atoms with Gasteiger partial charge in [0, 0.05) is 18.8 Å². The minimum absolute atomic E-state index is 0.477. The second-order valence-electron chi connectivity index (χ2n) is 5.81. The number of benzene rings is 1. The molecule has 23 heavy (non-hydrogen) atoms. The van der Waals surface area contributed by atoms with Gasteiger partial charge in [0.1, 0.15) is 0 Å². The lowest BCUT2D eigenvalue weighted by atomic mass is 10.0. The third-order valence-electron chi connectivity index (χ3n) is 4.09. The van der Waals surface area contributed by atoms with Crippen molar-refractivity contribution in [3.63, 3.8) is 0 Å². The Bertz CT molecular complexity index is 524. The summed E-state index contributed by atoms with van der Waals surface area (Å²) in [5.74, 6) is 1.28. The van der Waals surface area contributed by atoms with Crippen LogP contribution in [0.1, 0.15) is 39.5 Å². The largest absolute Gasteiger partial charge is 0.491 e. The van der Waals surface area contributed by atoms with E-state index in [1.54, 1.807) is 0 Å². The van der Waals surface area contributed by atoms with Gasteiger partial charge in [-0.25, -0.2) is 6.57 Å². The molecule has 5 nitrogen and oxygen atoms in total. The van der Waals surface area contributed by atoms with Gasteiger partial charge in [0.25, 0.3) is 0 Å². The maximum absolute atomic E-state index is 6.90. The highest BCUT2D eigenvalue weighted by atomic mass is 16.5. The standard InChI is InChI=1S/C18H28N4O/c1-5-7-8-15(6-2)14-23-18-13-16(9-10-17(18)21-19)22(4)12-11-20-3/h9-10,13,15,19H,5-8,11-12,14H2,1-2,4H3/p+1. The van der Waals surface area contributed by atoms with Gasteiger partial charge < -0.3 is 14.5 Å². The maximum atomic E-state index is 6.90. The summed E-state index contributed by atoms with van der Waals surface area (Å²) in [6.07, 6.45) is 4.74. The van der Waals surface area contributed by atoms with Crippen LogP contribution in [0.3, 0.4) is 0 Å². The van der Waals surface area contributed by atoms with Gasteiger partial charge in [-0.1, -0.05) is 33.1 Å². The predicted octanol–water partition coefficient (Wildman–Crippen LogP) is 3.48. The van der Waals surface area contributed by atoms with Crippen LogP contribution in [-0.4, -0.2) is 26.7 Å². The van der Waals surface area contributed by atoms with Gasteiger partial charge in [-0.05, 0) is 29.6 Å². The van der Waals surface area contributed by atoms with Crippen molar-refractivity contribution in [3.05, 3.63) is 29.6 Å². The molecule has 0 saturated heterocycles. The second-order valence-corrected chi connectivity index (χ2v) is 5.81. The number of hydrogen-bond acceptors (Lipinski definition) is 3. The molecule has 0 aliphatic heterocycles. The Labute approximate surface area is 140 Å². The molecule has 0 fully saturated rings. The van der Waals surface area contributed by atoms with Crippen molar-refractivity contribution in [1.29, 1.82) is 0 Å². The fraction of sp³-hybridized carbons (Fsp3) is 0.611. The van der Waals surface area contributed by atoms with Crippen molar-refractivity contribution in [2.24, 2.45) is 11.0 Å². The SMILES string of the molecule is [C-]#[N+]CCN(C)c1ccc(N=[NH2+])c(OCC(CC)CCCC)c1. The molecule has 0 aromatic heterocycles. The average Bonchev–Trinajstić information content (AvgIpc) is 2.59. The number of ether oxygens (including phenoxy) is 1. The van der Waals surface area contributed by atoms with Crippen LogP contribution >= 0.6 is 0 Å². The van der Waals surface area contributed by atoms with Crippen LogP contribution in [0.25, 0.3) is 4.85 Å². The lowest BCUT2D eigenvalue weighted by molar-refractivity contribution is -0.210. The Morgan fingerprint density at radius 3 is 2.78 bits per heavy atom. The van der Waals surface area contributed by atoms with E-state index in [0.717, 1.165) is 17.9 Å². The van der Waals surface area contributed by atoms with Crippen LogP contribution in [0, 0.1) is 12.5 Å². The molecule has 126 valence electrons. The Hall–Kier alpha value is -2.09. The summed E-state index contributed by atoms with van der Waals surface area (Å²) >= 11 is 0. The summed E-state index contributed by atoms with van der Waals surface area (Å²) < 4.78 is 6.01. The molecule has 1 aromatic carbocycles. The number of unbranched alkanes of at least 4 members (excludes halogenated alkanes) is 1.